The highest BCUT2D eigenvalue weighted by molar-refractivity contribution is 6.13. The van der Waals surface area contributed by atoms with E-state index in [0.29, 0.717) is 5.54 Å². The molecule has 0 bridgehead atoms. The normalized spacial score (nSPS) is 10.4. The van der Waals surface area contributed by atoms with E-state index < -0.39 is 0 Å². The van der Waals surface area contributed by atoms with Crippen molar-refractivity contribution in [3.8, 4) is 6.07 Å². The zero-order chi connectivity index (χ0) is 11.7. The molecule has 0 fully saturated rings. The number of hydrogen-bond acceptors (Lipinski definition) is 1. The van der Waals surface area contributed by atoms with Crippen LogP contribution >= 0.6 is 0 Å². The van der Waals surface area contributed by atoms with Crippen LogP contribution < -0.4 is 0 Å². The first kappa shape index (κ1) is 13.4. The summed E-state index contributed by atoms with van der Waals surface area (Å²) in [6.07, 6.45) is 3.66. The molecule has 0 saturated heterocycles. The summed E-state index contributed by atoms with van der Waals surface area (Å²) >= 11 is 0. The molecule has 2 heteroatoms. The lowest BCUT2D eigenvalue weighted by Gasteiger charge is -1.96. The van der Waals surface area contributed by atoms with Gasteiger partial charge in [-0.1, -0.05) is 56.5 Å². The van der Waals surface area contributed by atoms with Crippen molar-refractivity contribution in [2.75, 3.05) is 0 Å². The van der Waals surface area contributed by atoms with Crippen molar-refractivity contribution in [1.29, 1.82) is 5.26 Å². The van der Waals surface area contributed by atoms with Gasteiger partial charge < -0.3 is 0 Å². The minimum Gasteiger partial charge on any atom is -0.198 e. The first-order chi connectivity index (χ1) is 7.15. The van der Waals surface area contributed by atoms with Gasteiger partial charge in [-0.3, -0.25) is 0 Å². The number of nitriles is 1. The topological polar surface area (TPSA) is 23.8 Å². The van der Waals surface area contributed by atoms with Gasteiger partial charge in [-0.15, -0.1) is 0 Å². The Bertz CT molecular complexity index is 334. The predicted molar refractivity (Wildman–Crippen MR) is 71.6 cm³/mol. The van der Waals surface area contributed by atoms with Gasteiger partial charge in [0, 0.05) is 15.8 Å². The average molecular weight is 215 g/mol. The van der Waals surface area contributed by atoms with Crippen LogP contribution in [-0.2, 0) is 0 Å². The Balaban J connectivity index is 0.000000336. The standard InChI is InChI=1S/C10H10.C3H7NSi/c1-3-9-7-5-6-8-10(9)4-2;1-3(5)2-4/h3-8H,1-2H2;3H,1,5H3. The molecular formula is C13H17NSi. The molecular weight excluding hydrogens is 198 g/mol. The molecule has 1 atom stereocenters. The Morgan fingerprint density at radius 1 is 1.27 bits per heavy atom. The van der Waals surface area contributed by atoms with Gasteiger partial charge in [-0.05, 0) is 11.1 Å². The zero-order valence-electron chi connectivity index (χ0n) is 9.40. The van der Waals surface area contributed by atoms with Gasteiger partial charge in [0.1, 0.15) is 0 Å². The third kappa shape index (κ3) is 5.66. The van der Waals surface area contributed by atoms with Gasteiger partial charge in [-0.2, -0.15) is 5.26 Å². The monoisotopic (exact) mass is 215 g/mol. The highest BCUT2D eigenvalue weighted by atomic mass is 28.1. The fraction of sp³-hybridized carbons (Fsp3) is 0.154. The quantitative estimate of drug-likeness (QED) is 0.696. The molecule has 1 aromatic rings. The lowest BCUT2D eigenvalue weighted by molar-refractivity contribution is 1.21. The molecule has 1 unspecified atom stereocenters. The Morgan fingerprint density at radius 3 is 1.80 bits per heavy atom. The predicted octanol–water partition coefficient (Wildman–Crippen LogP) is 2.66. The molecule has 0 saturated carbocycles. The van der Waals surface area contributed by atoms with Gasteiger partial charge in [0.25, 0.3) is 0 Å². The molecule has 0 heterocycles. The zero-order valence-corrected chi connectivity index (χ0v) is 11.4. The lowest BCUT2D eigenvalue weighted by atomic mass is 10.1. The van der Waals surface area contributed by atoms with Crippen molar-refractivity contribution in [3.63, 3.8) is 0 Å². The molecule has 1 nitrogen and oxygen atoms in total. The van der Waals surface area contributed by atoms with Gasteiger partial charge >= 0.3 is 0 Å². The smallest absolute Gasteiger partial charge is 0.0610 e. The second-order valence-electron chi connectivity index (χ2n) is 3.32. The highest BCUT2D eigenvalue weighted by Crippen LogP contribution is 2.10. The summed E-state index contributed by atoms with van der Waals surface area (Å²) in [5.41, 5.74) is 2.60. The molecule has 0 aliphatic rings. The fourth-order valence-electron chi connectivity index (χ4n) is 0.883. The molecule has 1 aromatic carbocycles. The molecule has 0 spiro atoms. The van der Waals surface area contributed by atoms with E-state index in [-0.39, 0.29) is 0 Å². The molecule has 0 amide bonds. The maximum Gasteiger partial charge on any atom is 0.0610 e. The van der Waals surface area contributed by atoms with E-state index in [2.05, 4.69) is 19.2 Å². The second-order valence-corrected chi connectivity index (χ2v) is 5.05. The summed E-state index contributed by atoms with van der Waals surface area (Å²) < 4.78 is 0. The van der Waals surface area contributed by atoms with Crippen LogP contribution in [0.2, 0.25) is 5.54 Å². The van der Waals surface area contributed by atoms with E-state index in [1.54, 1.807) is 0 Å². The summed E-state index contributed by atoms with van der Waals surface area (Å²) in [6.45, 7) is 9.31. The number of hydrogen-bond donors (Lipinski definition) is 0. The molecule has 0 aliphatic heterocycles. The molecule has 0 aromatic heterocycles. The van der Waals surface area contributed by atoms with Crippen molar-refractivity contribution in [3.05, 3.63) is 48.6 Å². The van der Waals surface area contributed by atoms with Crippen LogP contribution in [0.1, 0.15) is 18.1 Å². The van der Waals surface area contributed by atoms with E-state index in [4.69, 9.17) is 5.26 Å². The number of rotatable bonds is 2. The van der Waals surface area contributed by atoms with Gasteiger partial charge in [0.05, 0.1) is 6.07 Å². The largest absolute Gasteiger partial charge is 0.198 e. The maximum absolute atomic E-state index is 7.93. The first-order valence-corrected chi connectivity index (χ1v) is 6.04. The van der Waals surface area contributed by atoms with E-state index in [1.807, 2.05) is 43.3 Å². The Morgan fingerprint density at radius 2 is 1.60 bits per heavy atom. The summed E-state index contributed by atoms with van der Waals surface area (Å²) in [5.74, 6) is 0. The number of nitrogens with zero attached hydrogens (tertiary/aromatic N) is 1. The van der Waals surface area contributed by atoms with Crippen LogP contribution in [0.4, 0.5) is 0 Å². The van der Waals surface area contributed by atoms with Crippen LogP contribution in [0.25, 0.3) is 12.2 Å². The van der Waals surface area contributed by atoms with Gasteiger partial charge in [-0.25, -0.2) is 0 Å². The average Bonchev–Trinajstić information content (AvgIpc) is 2.29. The van der Waals surface area contributed by atoms with Crippen LogP contribution in [-0.4, -0.2) is 10.2 Å². The van der Waals surface area contributed by atoms with Crippen molar-refractivity contribution in [2.24, 2.45) is 0 Å². The van der Waals surface area contributed by atoms with Crippen LogP contribution in [0.3, 0.4) is 0 Å². The second kappa shape index (κ2) is 7.78. The molecule has 15 heavy (non-hydrogen) atoms. The third-order valence-electron chi connectivity index (χ3n) is 1.69. The summed E-state index contributed by atoms with van der Waals surface area (Å²) in [4.78, 5) is 0. The van der Waals surface area contributed by atoms with E-state index in [9.17, 15) is 0 Å². The van der Waals surface area contributed by atoms with Crippen molar-refractivity contribution in [1.82, 2.24) is 0 Å². The van der Waals surface area contributed by atoms with Crippen molar-refractivity contribution >= 4 is 22.4 Å². The summed E-state index contributed by atoms with van der Waals surface area (Å²) in [5, 5.41) is 7.93. The molecule has 0 radical (unpaired) electrons. The van der Waals surface area contributed by atoms with Crippen LogP contribution in [0.15, 0.2) is 37.4 Å². The molecule has 0 aliphatic carbocycles. The number of benzene rings is 1. The molecule has 0 N–H and O–H groups in total. The van der Waals surface area contributed by atoms with E-state index in [0.717, 1.165) is 21.4 Å². The Labute approximate surface area is 95.2 Å². The minimum absolute atomic E-state index is 0.329. The van der Waals surface area contributed by atoms with E-state index in [1.165, 1.54) is 0 Å². The molecule has 1 rings (SSSR count). The van der Waals surface area contributed by atoms with Crippen LogP contribution in [0, 0.1) is 11.3 Å². The Kier molecular flexibility index (Phi) is 6.95. The first-order valence-electron chi connectivity index (χ1n) is 4.89. The summed E-state index contributed by atoms with van der Waals surface area (Å²) in [6, 6.07) is 10.1. The fourth-order valence-corrected chi connectivity index (χ4v) is 0.883. The summed E-state index contributed by atoms with van der Waals surface area (Å²) in [7, 11) is 1.01. The van der Waals surface area contributed by atoms with Gasteiger partial charge in [0.15, 0.2) is 0 Å². The van der Waals surface area contributed by atoms with E-state index >= 15 is 0 Å². The van der Waals surface area contributed by atoms with Gasteiger partial charge in [0.2, 0.25) is 0 Å². The minimum atomic E-state index is 0.329. The van der Waals surface area contributed by atoms with Crippen molar-refractivity contribution < 1.29 is 0 Å². The Hall–Kier alpha value is -1.59. The molecule has 78 valence electrons. The SMILES string of the molecule is C=Cc1ccccc1C=C.CC([SiH3])C#N. The van der Waals surface area contributed by atoms with Crippen LogP contribution in [0.5, 0.6) is 0 Å². The maximum atomic E-state index is 7.93. The van der Waals surface area contributed by atoms with Crippen molar-refractivity contribution in [2.45, 2.75) is 12.5 Å². The lowest BCUT2D eigenvalue weighted by Crippen LogP contribution is -1.76. The highest BCUT2D eigenvalue weighted by Gasteiger charge is 1.89. The third-order valence-corrected chi connectivity index (χ3v) is 1.95.